The van der Waals surface area contributed by atoms with Crippen LogP contribution in [-0.4, -0.2) is 64.0 Å². The molecular formula is C21H29N5O4S. The highest BCUT2D eigenvalue weighted by molar-refractivity contribution is 7.71. The molecule has 3 rings (SSSR count). The summed E-state index contributed by atoms with van der Waals surface area (Å²) in [5.41, 5.74) is 0.891. The molecule has 10 heteroatoms. The van der Waals surface area contributed by atoms with Gasteiger partial charge in [-0.25, -0.2) is 4.79 Å². The molecule has 1 saturated heterocycles. The fourth-order valence-corrected chi connectivity index (χ4v) is 3.77. The first-order valence-corrected chi connectivity index (χ1v) is 11.0. The zero-order valence-corrected chi connectivity index (χ0v) is 18.7. The quantitative estimate of drug-likeness (QED) is 0.603. The zero-order valence-electron chi connectivity index (χ0n) is 17.9. The number of carbonyl (C=O) groups is 2. The number of piperidine rings is 1. The highest BCUT2D eigenvalue weighted by Crippen LogP contribution is 2.21. The van der Waals surface area contributed by atoms with Gasteiger partial charge in [0.05, 0.1) is 13.2 Å². The van der Waals surface area contributed by atoms with Crippen molar-refractivity contribution in [3.05, 3.63) is 29.0 Å². The summed E-state index contributed by atoms with van der Waals surface area (Å²) in [7, 11) is 0. The Morgan fingerprint density at radius 1 is 1.19 bits per heavy atom. The molecule has 1 aliphatic rings. The summed E-state index contributed by atoms with van der Waals surface area (Å²) in [5, 5.41) is 10.2. The number of hydrogen-bond donors (Lipinski definition) is 2. The molecule has 0 bridgehead atoms. The highest BCUT2D eigenvalue weighted by atomic mass is 32.1. The van der Waals surface area contributed by atoms with Gasteiger partial charge in [-0.2, -0.15) is 5.10 Å². The van der Waals surface area contributed by atoms with Crippen molar-refractivity contribution in [1.29, 1.82) is 0 Å². The third kappa shape index (κ3) is 6.06. The van der Waals surface area contributed by atoms with Crippen LogP contribution in [0.1, 0.15) is 33.1 Å². The van der Waals surface area contributed by atoms with E-state index in [1.54, 1.807) is 11.8 Å². The van der Waals surface area contributed by atoms with Gasteiger partial charge in [-0.05, 0) is 63.2 Å². The number of rotatable bonds is 8. The Morgan fingerprint density at radius 2 is 1.90 bits per heavy atom. The van der Waals surface area contributed by atoms with Crippen molar-refractivity contribution in [2.75, 3.05) is 26.3 Å². The van der Waals surface area contributed by atoms with E-state index in [2.05, 4.69) is 15.5 Å². The highest BCUT2D eigenvalue weighted by Gasteiger charge is 2.24. The molecule has 1 aromatic carbocycles. The van der Waals surface area contributed by atoms with Gasteiger partial charge in [0, 0.05) is 37.7 Å². The van der Waals surface area contributed by atoms with Crippen LogP contribution in [0.3, 0.4) is 0 Å². The zero-order chi connectivity index (χ0) is 22.2. The molecule has 168 valence electrons. The smallest absolute Gasteiger partial charge is 0.409 e. The van der Waals surface area contributed by atoms with Crippen LogP contribution in [0.15, 0.2) is 24.3 Å². The first-order chi connectivity index (χ1) is 15.0. The fourth-order valence-electron chi connectivity index (χ4n) is 3.55. The molecule has 1 fully saturated rings. The van der Waals surface area contributed by atoms with E-state index in [9.17, 15) is 9.59 Å². The van der Waals surface area contributed by atoms with Gasteiger partial charge < -0.3 is 19.7 Å². The van der Waals surface area contributed by atoms with E-state index in [1.807, 2.05) is 35.8 Å². The van der Waals surface area contributed by atoms with Gasteiger partial charge in [-0.15, -0.1) is 0 Å². The van der Waals surface area contributed by atoms with Crippen molar-refractivity contribution >= 4 is 24.2 Å². The van der Waals surface area contributed by atoms with Crippen LogP contribution in [0.5, 0.6) is 5.75 Å². The number of aromatic nitrogens is 3. The second-order valence-corrected chi connectivity index (χ2v) is 7.63. The molecule has 0 spiro atoms. The van der Waals surface area contributed by atoms with Crippen molar-refractivity contribution < 1.29 is 19.1 Å². The summed E-state index contributed by atoms with van der Waals surface area (Å²) in [4.78, 5) is 26.0. The van der Waals surface area contributed by atoms with E-state index in [0.29, 0.717) is 56.3 Å². The number of nitrogens with zero attached hydrogens (tertiary/aromatic N) is 3. The lowest BCUT2D eigenvalue weighted by molar-refractivity contribution is -0.122. The molecule has 0 unspecified atom stereocenters. The number of ether oxygens (including phenoxy) is 2. The lowest BCUT2D eigenvalue weighted by atomic mass is 10.1. The Labute approximate surface area is 186 Å². The SMILES string of the molecule is CCOC(=O)N1CCC(NC(=O)CCn2c(-c3ccc(OCC)cc3)n[nH]c2=S)CC1. The Bertz CT molecular complexity index is 932. The molecule has 1 aromatic heterocycles. The summed E-state index contributed by atoms with van der Waals surface area (Å²) in [6.45, 7) is 6.29. The van der Waals surface area contributed by atoms with Gasteiger partial charge >= 0.3 is 6.09 Å². The molecule has 2 amide bonds. The summed E-state index contributed by atoms with van der Waals surface area (Å²) >= 11 is 5.35. The van der Waals surface area contributed by atoms with E-state index in [4.69, 9.17) is 21.7 Å². The molecular weight excluding hydrogens is 418 g/mol. The van der Waals surface area contributed by atoms with Crippen molar-refractivity contribution in [1.82, 2.24) is 25.0 Å². The third-order valence-electron chi connectivity index (χ3n) is 5.13. The molecule has 0 saturated carbocycles. The maximum atomic E-state index is 12.5. The van der Waals surface area contributed by atoms with Gasteiger partial charge in [0.25, 0.3) is 0 Å². The van der Waals surface area contributed by atoms with E-state index in [-0.39, 0.29) is 24.5 Å². The van der Waals surface area contributed by atoms with Crippen LogP contribution in [-0.2, 0) is 16.1 Å². The molecule has 31 heavy (non-hydrogen) atoms. The molecule has 1 aliphatic heterocycles. The maximum absolute atomic E-state index is 12.5. The van der Waals surface area contributed by atoms with Gasteiger partial charge in [-0.3, -0.25) is 14.5 Å². The van der Waals surface area contributed by atoms with E-state index in [0.717, 1.165) is 11.3 Å². The lowest BCUT2D eigenvalue weighted by Crippen LogP contribution is -2.46. The third-order valence-corrected chi connectivity index (χ3v) is 5.44. The fraction of sp³-hybridized carbons (Fsp3) is 0.524. The number of aromatic amines is 1. The molecule has 9 nitrogen and oxygen atoms in total. The molecule has 0 atom stereocenters. The average Bonchev–Trinajstić information content (AvgIpc) is 3.14. The number of carbonyl (C=O) groups excluding carboxylic acids is 2. The van der Waals surface area contributed by atoms with Crippen molar-refractivity contribution in [2.45, 2.75) is 45.7 Å². The van der Waals surface area contributed by atoms with Crippen LogP contribution in [0.2, 0.25) is 0 Å². The lowest BCUT2D eigenvalue weighted by Gasteiger charge is -2.31. The van der Waals surface area contributed by atoms with Gasteiger partial charge in [0.1, 0.15) is 5.75 Å². The van der Waals surface area contributed by atoms with Crippen LogP contribution in [0.4, 0.5) is 4.79 Å². The van der Waals surface area contributed by atoms with Crippen LogP contribution in [0.25, 0.3) is 11.4 Å². The number of benzene rings is 1. The minimum absolute atomic E-state index is 0.0460. The topological polar surface area (TPSA) is 101 Å². The largest absolute Gasteiger partial charge is 0.494 e. The second kappa shape index (κ2) is 10.9. The number of hydrogen-bond acceptors (Lipinski definition) is 6. The van der Waals surface area contributed by atoms with Crippen molar-refractivity contribution in [3.63, 3.8) is 0 Å². The standard InChI is InChI=1S/C21H29N5O4S/c1-3-29-17-7-5-15(6-8-17)19-23-24-20(31)26(19)14-11-18(27)22-16-9-12-25(13-10-16)21(28)30-4-2/h5-8,16H,3-4,9-14H2,1-2H3,(H,22,27)(H,24,31). The second-order valence-electron chi connectivity index (χ2n) is 7.24. The number of likely N-dealkylation sites (tertiary alicyclic amines) is 1. The van der Waals surface area contributed by atoms with Gasteiger partial charge in [0.15, 0.2) is 10.6 Å². The molecule has 2 heterocycles. The van der Waals surface area contributed by atoms with Crippen molar-refractivity contribution in [2.24, 2.45) is 0 Å². The number of H-pyrrole nitrogens is 1. The Balaban J connectivity index is 1.52. The van der Waals surface area contributed by atoms with Crippen LogP contribution >= 0.6 is 12.2 Å². The number of amides is 2. The number of nitrogens with one attached hydrogen (secondary N) is 2. The Hall–Kier alpha value is -2.88. The minimum atomic E-state index is -0.288. The van der Waals surface area contributed by atoms with E-state index >= 15 is 0 Å². The Morgan fingerprint density at radius 3 is 2.55 bits per heavy atom. The first kappa shape index (κ1) is 22.8. The normalized spacial score (nSPS) is 14.3. The predicted molar refractivity (Wildman–Crippen MR) is 118 cm³/mol. The summed E-state index contributed by atoms with van der Waals surface area (Å²) in [5.74, 6) is 1.43. The van der Waals surface area contributed by atoms with E-state index in [1.165, 1.54) is 0 Å². The summed E-state index contributed by atoms with van der Waals surface area (Å²) in [6.07, 6.45) is 1.43. The minimum Gasteiger partial charge on any atom is -0.494 e. The average molecular weight is 448 g/mol. The van der Waals surface area contributed by atoms with Crippen LogP contribution < -0.4 is 10.1 Å². The van der Waals surface area contributed by atoms with Gasteiger partial charge in [-0.1, -0.05) is 0 Å². The van der Waals surface area contributed by atoms with Crippen molar-refractivity contribution in [3.8, 4) is 17.1 Å². The predicted octanol–water partition coefficient (Wildman–Crippen LogP) is 3.13. The maximum Gasteiger partial charge on any atom is 0.409 e. The Kier molecular flexibility index (Phi) is 8.05. The molecule has 0 radical (unpaired) electrons. The van der Waals surface area contributed by atoms with Gasteiger partial charge in [0.2, 0.25) is 5.91 Å². The molecule has 0 aliphatic carbocycles. The van der Waals surface area contributed by atoms with Crippen LogP contribution in [0, 0.1) is 4.77 Å². The summed E-state index contributed by atoms with van der Waals surface area (Å²) in [6, 6.07) is 7.67. The molecule has 2 N–H and O–H groups in total. The first-order valence-electron chi connectivity index (χ1n) is 10.6. The monoisotopic (exact) mass is 447 g/mol. The summed E-state index contributed by atoms with van der Waals surface area (Å²) < 4.78 is 12.8. The molecule has 2 aromatic rings. The van der Waals surface area contributed by atoms with E-state index < -0.39 is 0 Å².